The summed E-state index contributed by atoms with van der Waals surface area (Å²) in [7, 11) is 0. The maximum absolute atomic E-state index is 6.29. The van der Waals surface area contributed by atoms with E-state index in [2.05, 4.69) is 155 Å². The molecule has 0 amide bonds. The van der Waals surface area contributed by atoms with Crippen molar-refractivity contribution in [3.63, 3.8) is 0 Å². The number of hydrogen-bond acceptors (Lipinski definition) is 5. The number of nitrogens with zero attached hydrogens (tertiary/aromatic N) is 5. The van der Waals surface area contributed by atoms with Gasteiger partial charge in [0.15, 0.2) is 17.5 Å². The maximum atomic E-state index is 6.29. The monoisotopic (exact) mass is 715 g/mol. The number of hydrogen-bond donors (Lipinski definition) is 0. The Balaban J connectivity index is 1.13. The molecule has 0 atom stereocenters. The lowest BCUT2D eigenvalue weighted by atomic mass is 9.99. The molecule has 56 heavy (non-hydrogen) atoms. The summed E-state index contributed by atoms with van der Waals surface area (Å²) in [5.74, 6) is 1.75. The molecule has 0 aliphatic heterocycles. The molecule has 0 spiro atoms. The van der Waals surface area contributed by atoms with E-state index in [-0.39, 0.29) is 0 Å². The average Bonchev–Trinajstić information content (AvgIpc) is 3.82. The van der Waals surface area contributed by atoms with E-state index >= 15 is 0 Å². The smallest absolute Gasteiger partial charge is 0.164 e. The summed E-state index contributed by atoms with van der Waals surface area (Å²) in [6.45, 7) is 0. The van der Waals surface area contributed by atoms with Gasteiger partial charge in [-0.3, -0.25) is 4.98 Å². The van der Waals surface area contributed by atoms with Crippen LogP contribution in [-0.4, -0.2) is 24.5 Å². The molecule has 4 aromatic heterocycles. The molecular weight excluding hydrogens is 687 g/mol. The van der Waals surface area contributed by atoms with Gasteiger partial charge in [-0.25, -0.2) is 15.0 Å². The molecule has 0 bridgehead atoms. The van der Waals surface area contributed by atoms with E-state index in [4.69, 9.17) is 19.4 Å². The summed E-state index contributed by atoms with van der Waals surface area (Å²) < 4.78 is 8.66. The first-order chi connectivity index (χ1) is 27.8. The van der Waals surface area contributed by atoms with Gasteiger partial charge < -0.3 is 8.98 Å². The van der Waals surface area contributed by atoms with Crippen LogP contribution in [0.15, 0.2) is 181 Å². The molecule has 0 radical (unpaired) electrons. The van der Waals surface area contributed by atoms with Crippen LogP contribution in [0.1, 0.15) is 0 Å². The molecule has 0 saturated carbocycles. The highest BCUT2D eigenvalue weighted by molar-refractivity contribution is 6.13. The van der Waals surface area contributed by atoms with E-state index in [1.54, 1.807) is 6.20 Å². The minimum absolute atomic E-state index is 0.565. The van der Waals surface area contributed by atoms with Gasteiger partial charge in [-0.2, -0.15) is 0 Å². The maximum Gasteiger partial charge on any atom is 0.164 e. The van der Waals surface area contributed by atoms with Gasteiger partial charge in [0.1, 0.15) is 11.2 Å². The lowest BCUT2D eigenvalue weighted by molar-refractivity contribution is 0.668. The van der Waals surface area contributed by atoms with Crippen molar-refractivity contribution >= 4 is 76.1 Å². The fourth-order valence-corrected chi connectivity index (χ4v) is 8.60. The fraction of sp³-hybridized carbons (Fsp3) is 0. The number of furan rings is 1. The summed E-state index contributed by atoms with van der Waals surface area (Å²) in [6.07, 6.45) is 3.60. The molecule has 8 aromatic carbocycles. The highest BCUT2D eigenvalue weighted by Gasteiger charge is 2.21. The van der Waals surface area contributed by atoms with Crippen LogP contribution < -0.4 is 0 Å². The Hall–Kier alpha value is -7.70. The van der Waals surface area contributed by atoms with Gasteiger partial charge in [-0.1, -0.05) is 121 Å². The molecule has 260 valence electrons. The SMILES string of the molecule is c1ccc2c(c1)ccc1ccc(-c3nc(-c4ccc(-n5c6ccccc6c6ccccc65)c5ccccc45)nc(-c4cccc5oc6ccncc6c45)n3)cc12. The Kier molecular flexibility index (Phi) is 6.53. The first-order valence-electron chi connectivity index (χ1n) is 18.7. The summed E-state index contributed by atoms with van der Waals surface area (Å²) in [5, 5.41) is 11.1. The number of benzene rings is 8. The lowest BCUT2D eigenvalue weighted by Crippen LogP contribution is -2.02. The van der Waals surface area contributed by atoms with Gasteiger partial charge in [0, 0.05) is 56.0 Å². The zero-order chi connectivity index (χ0) is 36.7. The average molecular weight is 716 g/mol. The normalized spacial score (nSPS) is 11.9. The minimum Gasteiger partial charge on any atom is -0.456 e. The summed E-state index contributed by atoms with van der Waals surface area (Å²) >= 11 is 0. The summed E-state index contributed by atoms with van der Waals surface area (Å²) in [5.41, 5.74) is 7.64. The molecule has 12 aromatic rings. The molecule has 0 N–H and O–H groups in total. The number of rotatable bonds is 4. The second-order valence-electron chi connectivity index (χ2n) is 14.2. The van der Waals surface area contributed by atoms with Crippen LogP contribution >= 0.6 is 0 Å². The Morgan fingerprint density at radius 3 is 1.86 bits per heavy atom. The zero-order valence-corrected chi connectivity index (χ0v) is 29.9. The first kappa shape index (κ1) is 30.7. The van der Waals surface area contributed by atoms with E-state index < -0.39 is 0 Å². The van der Waals surface area contributed by atoms with Crippen LogP contribution in [0.25, 0.3) is 116 Å². The van der Waals surface area contributed by atoms with E-state index in [1.807, 2.05) is 24.4 Å². The molecule has 12 rings (SSSR count). The van der Waals surface area contributed by atoms with Crippen LogP contribution in [0, 0.1) is 0 Å². The van der Waals surface area contributed by atoms with Crippen LogP contribution in [0.2, 0.25) is 0 Å². The van der Waals surface area contributed by atoms with Gasteiger partial charge in [0.05, 0.1) is 16.7 Å². The fourth-order valence-electron chi connectivity index (χ4n) is 8.60. The molecule has 6 nitrogen and oxygen atoms in total. The van der Waals surface area contributed by atoms with E-state index in [0.29, 0.717) is 17.5 Å². The van der Waals surface area contributed by atoms with Crippen molar-refractivity contribution in [2.24, 2.45) is 0 Å². The van der Waals surface area contributed by atoms with Crippen molar-refractivity contribution in [1.82, 2.24) is 24.5 Å². The quantitative estimate of drug-likeness (QED) is 0.170. The topological polar surface area (TPSA) is 69.6 Å². The van der Waals surface area contributed by atoms with Crippen molar-refractivity contribution in [2.45, 2.75) is 0 Å². The minimum atomic E-state index is 0.565. The van der Waals surface area contributed by atoms with Gasteiger partial charge in [-0.05, 0) is 69.4 Å². The number of aromatic nitrogens is 5. The predicted molar refractivity (Wildman–Crippen MR) is 228 cm³/mol. The third-order valence-corrected chi connectivity index (χ3v) is 11.1. The number of pyridine rings is 1. The third kappa shape index (κ3) is 4.56. The molecule has 6 heteroatoms. The zero-order valence-electron chi connectivity index (χ0n) is 29.9. The standard InChI is InChI=1S/C50H29N5O/c1-2-11-33-30(10-1)20-21-31-22-23-32(28-40(31)33)48-52-49(54-50(53-48)39-16-9-19-46-47(39)41-29-51-27-26-45(41)56-46)38-24-25-44(35-13-4-3-12-34(35)38)55-42-17-7-5-14-36(42)37-15-6-8-18-43(37)55/h1-29H. The van der Waals surface area contributed by atoms with E-state index in [9.17, 15) is 0 Å². The van der Waals surface area contributed by atoms with Crippen molar-refractivity contribution in [3.8, 4) is 39.9 Å². The van der Waals surface area contributed by atoms with Crippen molar-refractivity contribution < 1.29 is 4.42 Å². The Bertz CT molecular complexity index is 3510. The molecular formula is C50H29N5O. The number of fused-ring (bicyclic) bond motifs is 10. The summed E-state index contributed by atoms with van der Waals surface area (Å²) in [4.78, 5) is 20.3. The first-order valence-corrected chi connectivity index (χ1v) is 18.7. The highest BCUT2D eigenvalue weighted by atomic mass is 16.3. The van der Waals surface area contributed by atoms with Crippen molar-refractivity contribution in [2.75, 3.05) is 0 Å². The van der Waals surface area contributed by atoms with Crippen LogP contribution in [0.5, 0.6) is 0 Å². The molecule has 0 aliphatic rings. The number of para-hydroxylation sites is 2. The third-order valence-electron chi connectivity index (χ3n) is 11.1. The second-order valence-corrected chi connectivity index (χ2v) is 14.2. The highest BCUT2D eigenvalue weighted by Crippen LogP contribution is 2.40. The van der Waals surface area contributed by atoms with Crippen LogP contribution in [-0.2, 0) is 0 Å². The van der Waals surface area contributed by atoms with Gasteiger partial charge in [0.2, 0.25) is 0 Å². The largest absolute Gasteiger partial charge is 0.456 e. The molecule has 0 fully saturated rings. The molecule has 4 heterocycles. The van der Waals surface area contributed by atoms with E-state index in [1.165, 1.54) is 21.5 Å². The Morgan fingerprint density at radius 1 is 0.411 bits per heavy atom. The molecule has 0 unspecified atom stereocenters. The molecule has 0 saturated heterocycles. The van der Waals surface area contributed by atoms with E-state index in [0.717, 1.165) is 76.9 Å². The van der Waals surface area contributed by atoms with Crippen molar-refractivity contribution in [3.05, 3.63) is 176 Å². The van der Waals surface area contributed by atoms with Gasteiger partial charge in [-0.15, -0.1) is 0 Å². The van der Waals surface area contributed by atoms with Gasteiger partial charge >= 0.3 is 0 Å². The van der Waals surface area contributed by atoms with Crippen molar-refractivity contribution in [1.29, 1.82) is 0 Å². The second kappa shape index (κ2) is 11.9. The Labute approximate surface area is 320 Å². The lowest BCUT2D eigenvalue weighted by Gasteiger charge is -2.15. The Morgan fingerprint density at radius 2 is 1.05 bits per heavy atom. The molecule has 0 aliphatic carbocycles. The van der Waals surface area contributed by atoms with Crippen LogP contribution in [0.3, 0.4) is 0 Å². The van der Waals surface area contributed by atoms with Crippen LogP contribution in [0.4, 0.5) is 0 Å². The van der Waals surface area contributed by atoms with Gasteiger partial charge in [0.25, 0.3) is 0 Å². The predicted octanol–water partition coefficient (Wildman–Crippen LogP) is 12.7. The summed E-state index contributed by atoms with van der Waals surface area (Å²) in [6, 6.07) is 57.4.